The summed E-state index contributed by atoms with van der Waals surface area (Å²) in [4.78, 5) is 0. The van der Waals surface area contributed by atoms with Crippen molar-refractivity contribution in [3.8, 4) is 11.8 Å². The fourth-order valence-corrected chi connectivity index (χ4v) is 1.97. The van der Waals surface area contributed by atoms with Crippen LogP contribution < -0.4 is 0 Å². The maximum atomic E-state index is 13.7. The average Bonchev–Trinajstić information content (AvgIpc) is 2.34. The minimum atomic E-state index is -0.256. The van der Waals surface area contributed by atoms with Crippen molar-refractivity contribution in [3.05, 3.63) is 69.5 Å². The molecular weight excluding hydrogens is 235 g/mol. The van der Waals surface area contributed by atoms with Crippen LogP contribution in [0.25, 0.3) is 0 Å². The molecule has 0 spiro atoms. The fourth-order valence-electron chi connectivity index (χ4n) is 1.97. The molecule has 19 heavy (non-hydrogen) atoms. The largest absolute Gasteiger partial charge is 0.206 e. The number of halogens is 1. The molecule has 2 aromatic rings. The van der Waals surface area contributed by atoms with Gasteiger partial charge in [-0.3, -0.25) is 0 Å². The van der Waals surface area contributed by atoms with Crippen molar-refractivity contribution in [2.24, 2.45) is 0 Å². The van der Waals surface area contributed by atoms with Gasteiger partial charge in [0, 0.05) is 5.56 Å². The van der Waals surface area contributed by atoms with Gasteiger partial charge in [0.15, 0.2) is 0 Å². The van der Waals surface area contributed by atoms with E-state index in [4.69, 9.17) is 0 Å². The van der Waals surface area contributed by atoms with Crippen LogP contribution in [0, 0.1) is 45.4 Å². The Morgan fingerprint density at radius 3 is 2.05 bits per heavy atom. The summed E-state index contributed by atoms with van der Waals surface area (Å²) in [5.41, 5.74) is 6.00. The number of hydrogen-bond acceptors (Lipinski definition) is 0. The molecule has 0 nitrogen and oxygen atoms in total. The van der Waals surface area contributed by atoms with E-state index in [0.717, 1.165) is 11.1 Å². The lowest BCUT2D eigenvalue weighted by molar-refractivity contribution is 0.623. The van der Waals surface area contributed by atoms with Crippen LogP contribution in [-0.4, -0.2) is 0 Å². The van der Waals surface area contributed by atoms with Gasteiger partial charge in [0.05, 0.1) is 5.56 Å². The predicted octanol–water partition coefficient (Wildman–Crippen LogP) is 4.46. The van der Waals surface area contributed by atoms with E-state index in [2.05, 4.69) is 32.6 Å². The second-order valence-corrected chi connectivity index (χ2v) is 4.97. The average molecular weight is 252 g/mol. The van der Waals surface area contributed by atoms with Crippen LogP contribution in [-0.2, 0) is 0 Å². The molecule has 0 aliphatic heterocycles. The molecule has 0 unspecified atom stereocenters. The van der Waals surface area contributed by atoms with Gasteiger partial charge in [-0.15, -0.1) is 0 Å². The molecule has 0 aliphatic carbocycles. The van der Waals surface area contributed by atoms with Crippen LogP contribution in [0.15, 0.2) is 30.3 Å². The van der Waals surface area contributed by atoms with E-state index >= 15 is 0 Å². The Labute approximate surface area is 114 Å². The molecule has 0 fully saturated rings. The van der Waals surface area contributed by atoms with E-state index in [9.17, 15) is 4.39 Å². The van der Waals surface area contributed by atoms with Crippen LogP contribution in [0.4, 0.5) is 4.39 Å². The fraction of sp³-hybridized carbons (Fsp3) is 0.222. The molecule has 2 aromatic carbocycles. The van der Waals surface area contributed by atoms with E-state index in [1.165, 1.54) is 22.8 Å². The summed E-state index contributed by atoms with van der Waals surface area (Å²) in [5, 5.41) is 0. The van der Waals surface area contributed by atoms with Crippen molar-refractivity contribution in [1.82, 2.24) is 0 Å². The predicted molar refractivity (Wildman–Crippen MR) is 77.8 cm³/mol. The Bertz CT molecular complexity index is 662. The van der Waals surface area contributed by atoms with Crippen LogP contribution in [0.2, 0.25) is 0 Å². The van der Waals surface area contributed by atoms with E-state index in [0.29, 0.717) is 5.56 Å². The zero-order valence-corrected chi connectivity index (χ0v) is 11.8. The maximum absolute atomic E-state index is 13.7. The quantitative estimate of drug-likeness (QED) is 0.607. The van der Waals surface area contributed by atoms with Crippen LogP contribution in [0.5, 0.6) is 0 Å². The number of benzene rings is 2. The first-order valence-corrected chi connectivity index (χ1v) is 6.33. The van der Waals surface area contributed by atoms with E-state index in [1.807, 2.05) is 25.1 Å². The Morgan fingerprint density at radius 2 is 1.47 bits per heavy atom. The van der Waals surface area contributed by atoms with Crippen LogP contribution in [0.1, 0.15) is 33.4 Å². The van der Waals surface area contributed by atoms with Gasteiger partial charge >= 0.3 is 0 Å². The third-order valence-corrected chi connectivity index (χ3v) is 3.39. The molecule has 96 valence electrons. The topological polar surface area (TPSA) is 0 Å². The van der Waals surface area contributed by atoms with Crippen molar-refractivity contribution < 1.29 is 4.39 Å². The summed E-state index contributed by atoms with van der Waals surface area (Å²) in [6.07, 6.45) is 0. The van der Waals surface area contributed by atoms with E-state index in [-0.39, 0.29) is 5.82 Å². The molecule has 0 saturated carbocycles. The normalized spacial score (nSPS) is 9.95. The van der Waals surface area contributed by atoms with Gasteiger partial charge in [0.25, 0.3) is 0 Å². The highest BCUT2D eigenvalue weighted by atomic mass is 19.1. The van der Waals surface area contributed by atoms with Gasteiger partial charge in [-0.2, -0.15) is 0 Å². The summed E-state index contributed by atoms with van der Waals surface area (Å²) in [7, 11) is 0. The number of rotatable bonds is 0. The van der Waals surface area contributed by atoms with Crippen LogP contribution in [0.3, 0.4) is 0 Å². The monoisotopic (exact) mass is 252 g/mol. The highest BCUT2D eigenvalue weighted by Crippen LogP contribution is 2.15. The summed E-state index contributed by atoms with van der Waals surface area (Å²) < 4.78 is 13.7. The zero-order chi connectivity index (χ0) is 14.0. The second-order valence-electron chi connectivity index (χ2n) is 4.97. The molecule has 0 saturated heterocycles. The molecule has 0 bridgehead atoms. The molecule has 2 rings (SSSR count). The van der Waals surface area contributed by atoms with Gasteiger partial charge in [0.1, 0.15) is 5.82 Å². The molecule has 0 radical (unpaired) electrons. The first-order valence-electron chi connectivity index (χ1n) is 6.33. The SMILES string of the molecule is Cc1ccc(C#Cc2cc(C)c(C)c(C)c2)c(F)c1. The highest BCUT2D eigenvalue weighted by Gasteiger charge is 2.00. The summed E-state index contributed by atoms with van der Waals surface area (Å²) >= 11 is 0. The van der Waals surface area contributed by atoms with Gasteiger partial charge in [0.2, 0.25) is 0 Å². The summed E-state index contributed by atoms with van der Waals surface area (Å²) in [5.74, 6) is 5.69. The minimum Gasteiger partial charge on any atom is -0.206 e. The van der Waals surface area contributed by atoms with E-state index < -0.39 is 0 Å². The van der Waals surface area contributed by atoms with Crippen molar-refractivity contribution in [1.29, 1.82) is 0 Å². The lowest BCUT2D eigenvalue weighted by Crippen LogP contribution is -1.89. The van der Waals surface area contributed by atoms with E-state index in [1.54, 1.807) is 6.07 Å². The lowest BCUT2D eigenvalue weighted by Gasteiger charge is -2.04. The number of hydrogen-bond donors (Lipinski definition) is 0. The molecule has 1 heteroatoms. The molecule has 0 N–H and O–H groups in total. The molecule has 0 aliphatic rings. The third-order valence-electron chi connectivity index (χ3n) is 3.39. The standard InChI is InChI=1S/C18H17F/c1-12-5-7-17(18(19)9-12)8-6-16-10-13(2)15(4)14(3)11-16/h5,7,9-11H,1-4H3. The second kappa shape index (κ2) is 5.28. The Hall–Kier alpha value is -2.07. The summed E-state index contributed by atoms with van der Waals surface area (Å²) in [6, 6.07) is 9.20. The Morgan fingerprint density at radius 1 is 0.842 bits per heavy atom. The van der Waals surface area contributed by atoms with Crippen molar-refractivity contribution in [2.75, 3.05) is 0 Å². The smallest absolute Gasteiger partial charge is 0.139 e. The van der Waals surface area contributed by atoms with Crippen molar-refractivity contribution in [2.45, 2.75) is 27.7 Å². The molecule has 0 amide bonds. The van der Waals surface area contributed by atoms with Gasteiger partial charge < -0.3 is 0 Å². The molecular formula is C18H17F. The van der Waals surface area contributed by atoms with Gasteiger partial charge in [-0.1, -0.05) is 17.9 Å². The molecule has 0 atom stereocenters. The van der Waals surface area contributed by atoms with Crippen LogP contribution >= 0.6 is 0 Å². The van der Waals surface area contributed by atoms with Crippen molar-refractivity contribution in [3.63, 3.8) is 0 Å². The van der Waals surface area contributed by atoms with Gasteiger partial charge in [-0.05, 0) is 74.2 Å². The van der Waals surface area contributed by atoms with Crippen molar-refractivity contribution >= 4 is 0 Å². The molecule has 0 aromatic heterocycles. The Balaban J connectivity index is 2.39. The molecule has 0 heterocycles. The summed E-state index contributed by atoms with van der Waals surface area (Å²) in [6.45, 7) is 8.11. The minimum absolute atomic E-state index is 0.256. The van der Waals surface area contributed by atoms with Gasteiger partial charge in [-0.25, -0.2) is 4.39 Å². The lowest BCUT2D eigenvalue weighted by atomic mass is 10.0. The zero-order valence-electron chi connectivity index (χ0n) is 11.8. The number of aryl methyl sites for hydroxylation is 3. The maximum Gasteiger partial charge on any atom is 0.139 e. The highest BCUT2D eigenvalue weighted by molar-refractivity contribution is 5.48. The first kappa shape index (κ1) is 13.4. The first-order chi connectivity index (χ1) is 8.97. The Kier molecular flexibility index (Phi) is 3.71. The third kappa shape index (κ3) is 3.03.